The number of amides is 1. The quantitative estimate of drug-likeness (QED) is 0.843. The van der Waals surface area contributed by atoms with E-state index in [1.165, 1.54) is 0 Å². The van der Waals surface area contributed by atoms with Crippen molar-refractivity contribution in [3.8, 4) is 0 Å². The number of carbonyl (C=O) groups is 1. The Balaban J connectivity index is 1.83. The molecule has 0 spiro atoms. The lowest BCUT2D eigenvalue weighted by Crippen LogP contribution is -2.21. The number of anilines is 1. The summed E-state index contributed by atoms with van der Waals surface area (Å²) in [5, 5.41) is 6.18. The third-order valence-electron chi connectivity index (χ3n) is 3.61. The lowest BCUT2D eigenvalue weighted by atomic mass is 10.2. The highest BCUT2D eigenvalue weighted by molar-refractivity contribution is 9.10. The molecular formula is C15H14BrF3N4O. The molecule has 2 aromatic heterocycles. The Bertz CT molecular complexity index is 784. The second kappa shape index (κ2) is 6.19. The monoisotopic (exact) mass is 402 g/mol. The topological polar surface area (TPSA) is 59.8 Å². The van der Waals surface area contributed by atoms with Crippen LogP contribution < -0.4 is 5.32 Å². The molecule has 5 nitrogen and oxygen atoms in total. The van der Waals surface area contributed by atoms with E-state index in [0.29, 0.717) is 11.5 Å². The van der Waals surface area contributed by atoms with Crippen molar-refractivity contribution in [2.24, 2.45) is 0 Å². The van der Waals surface area contributed by atoms with Gasteiger partial charge in [0.05, 0.1) is 10.2 Å². The molecule has 1 fully saturated rings. The smallest absolute Gasteiger partial charge is 0.309 e. The number of pyridine rings is 1. The van der Waals surface area contributed by atoms with Gasteiger partial charge >= 0.3 is 6.18 Å². The van der Waals surface area contributed by atoms with Crippen LogP contribution in [0.1, 0.15) is 35.8 Å². The summed E-state index contributed by atoms with van der Waals surface area (Å²) in [7, 11) is 0. The molecule has 128 valence electrons. The molecule has 24 heavy (non-hydrogen) atoms. The zero-order valence-electron chi connectivity index (χ0n) is 12.7. The maximum Gasteiger partial charge on any atom is 0.436 e. The van der Waals surface area contributed by atoms with Crippen LogP contribution in [0, 0.1) is 6.92 Å². The van der Waals surface area contributed by atoms with Crippen LogP contribution in [0.3, 0.4) is 0 Å². The fourth-order valence-corrected chi connectivity index (χ4v) is 3.27. The fourth-order valence-electron chi connectivity index (χ4n) is 2.43. The summed E-state index contributed by atoms with van der Waals surface area (Å²) in [5.41, 5.74) is 0.160. The number of rotatable bonds is 4. The number of nitrogens with one attached hydrogen (secondary N) is 1. The normalized spacial score (nSPS) is 14.7. The van der Waals surface area contributed by atoms with Crippen molar-refractivity contribution in [3.63, 3.8) is 0 Å². The Hall–Kier alpha value is -1.90. The van der Waals surface area contributed by atoms with Crippen LogP contribution >= 0.6 is 15.9 Å². The maximum absolute atomic E-state index is 13.0. The van der Waals surface area contributed by atoms with E-state index in [4.69, 9.17) is 0 Å². The largest absolute Gasteiger partial charge is 0.436 e. The van der Waals surface area contributed by atoms with E-state index >= 15 is 0 Å². The highest BCUT2D eigenvalue weighted by Crippen LogP contribution is 2.46. The number of aromatic nitrogens is 3. The van der Waals surface area contributed by atoms with E-state index in [9.17, 15) is 18.0 Å². The number of nitrogens with zero attached hydrogens (tertiary/aromatic N) is 3. The van der Waals surface area contributed by atoms with Crippen LogP contribution in [0.2, 0.25) is 0 Å². The van der Waals surface area contributed by atoms with Gasteiger partial charge in [0.1, 0.15) is 12.4 Å². The van der Waals surface area contributed by atoms with Crippen molar-refractivity contribution >= 4 is 27.7 Å². The minimum Gasteiger partial charge on any atom is -0.309 e. The van der Waals surface area contributed by atoms with Gasteiger partial charge < -0.3 is 5.32 Å². The predicted molar refractivity (Wildman–Crippen MR) is 84.5 cm³/mol. The summed E-state index contributed by atoms with van der Waals surface area (Å²) < 4.78 is 40.2. The molecule has 2 aromatic rings. The van der Waals surface area contributed by atoms with E-state index in [2.05, 4.69) is 31.3 Å². The molecule has 1 aliphatic carbocycles. The van der Waals surface area contributed by atoms with E-state index in [-0.39, 0.29) is 16.9 Å². The molecule has 3 rings (SSSR count). The summed E-state index contributed by atoms with van der Waals surface area (Å²) in [6.45, 7) is 1.48. The lowest BCUT2D eigenvalue weighted by molar-refractivity contribution is -0.142. The van der Waals surface area contributed by atoms with Gasteiger partial charge in [0.15, 0.2) is 5.69 Å². The molecule has 1 aliphatic rings. The van der Waals surface area contributed by atoms with Gasteiger partial charge in [-0.15, -0.1) is 0 Å². The third kappa shape index (κ3) is 3.61. The van der Waals surface area contributed by atoms with E-state index in [0.717, 1.165) is 23.2 Å². The Kier molecular flexibility index (Phi) is 4.37. The Morgan fingerprint density at radius 2 is 2.12 bits per heavy atom. The molecule has 0 aromatic carbocycles. The molecule has 0 atom stereocenters. The maximum atomic E-state index is 13.0. The molecule has 1 saturated carbocycles. The number of alkyl halides is 3. The molecule has 0 aliphatic heterocycles. The Labute approximate surface area is 144 Å². The Morgan fingerprint density at radius 1 is 1.42 bits per heavy atom. The second-order valence-corrected chi connectivity index (χ2v) is 6.48. The van der Waals surface area contributed by atoms with Crippen molar-refractivity contribution in [3.05, 3.63) is 39.8 Å². The summed E-state index contributed by atoms with van der Waals surface area (Å²) in [6.07, 6.45) is -2.98. The van der Waals surface area contributed by atoms with Gasteiger partial charge in [0, 0.05) is 11.6 Å². The fraction of sp³-hybridized carbons (Fsp3) is 0.400. The van der Waals surface area contributed by atoms with Gasteiger partial charge in [-0.25, -0.2) is 4.98 Å². The summed E-state index contributed by atoms with van der Waals surface area (Å²) in [4.78, 5) is 16.3. The average Bonchev–Trinajstić information content (AvgIpc) is 3.23. The zero-order valence-corrected chi connectivity index (χ0v) is 14.3. The van der Waals surface area contributed by atoms with Crippen molar-refractivity contribution in [2.45, 2.75) is 38.4 Å². The summed E-state index contributed by atoms with van der Waals surface area (Å²) in [6, 6.07) is 5.13. The SMILES string of the molecule is Cc1cccc(NC(=O)Cn2nc(C(F)(F)F)c(Br)c2C2CC2)n1. The zero-order chi connectivity index (χ0) is 17.5. The van der Waals surface area contributed by atoms with Gasteiger partial charge in [0.2, 0.25) is 5.91 Å². The average molecular weight is 403 g/mol. The molecule has 2 heterocycles. The molecule has 1 N–H and O–H groups in total. The van der Waals surface area contributed by atoms with Crippen molar-refractivity contribution in [1.29, 1.82) is 0 Å². The Morgan fingerprint density at radius 3 is 2.71 bits per heavy atom. The van der Waals surface area contributed by atoms with E-state index < -0.39 is 17.8 Å². The molecule has 1 amide bonds. The first-order valence-electron chi connectivity index (χ1n) is 7.32. The van der Waals surface area contributed by atoms with Gasteiger partial charge in [-0.2, -0.15) is 18.3 Å². The highest BCUT2D eigenvalue weighted by Gasteiger charge is 2.41. The number of halogens is 4. The van der Waals surface area contributed by atoms with Crippen LogP contribution in [0.5, 0.6) is 0 Å². The minimum absolute atomic E-state index is 0.00729. The van der Waals surface area contributed by atoms with Crippen LogP contribution in [-0.2, 0) is 17.5 Å². The first-order valence-corrected chi connectivity index (χ1v) is 8.12. The van der Waals surface area contributed by atoms with Crippen molar-refractivity contribution in [2.75, 3.05) is 5.32 Å². The van der Waals surface area contributed by atoms with Crippen molar-refractivity contribution in [1.82, 2.24) is 14.8 Å². The van der Waals surface area contributed by atoms with Crippen LogP contribution in [-0.4, -0.2) is 20.7 Å². The van der Waals surface area contributed by atoms with E-state index in [1.54, 1.807) is 25.1 Å². The van der Waals surface area contributed by atoms with Crippen molar-refractivity contribution < 1.29 is 18.0 Å². The predicted octanol–water partition coefficient (Wildman–Crippen LogP) is 3.88. The standard InChI is InChI=1S/C15H14BrF3N4O/c1-8-3-2-4-10(20-8)21-11(24)7-23-13(9-5-6-9)12(16)14(22-23)15(17,18)19/h2-4,9H,5-7H2,1H3,(H,20,21,24). The van der Waals surface area contributed by atoms with E-state index in [1.807, 2.05) is 0 Å². The molecule has 0 unspecified atom stereocenters. The van der Waals surface area contributed by atoms with Crippen LogP contribution in [0.4, 0.5) is 19.0 Å². The molecule has 0 radical (unpaired) electrons. The third-order valence-corrected chi connectivity index (χ3v) is 4.40. The molecule has 0 bridgehead atoms. The summed E-state index contributed by atoms with van der Waals surface area (Å²) >= 11 is 3.00. The van der Waals surface area contributed by atoms with Crippen LogP contribution in [0.25, 0.3) is 0 Å². The number of hydrogen-bond acceptors (Lipinski definition) is 3. The van der Waals surface area contributed by atoms with Gasteiger partial charge in [-0.3, -0.25) is 9.48 Å². The number of aryl methyl sites for hydroxylation is 1. The lowest BCUT2D eigenvalue weighted by Gasteiger charge is -2.08. The highest BCUT2D eigenvalue weighted by atomic mass is 79.9. The number of carbonyl (C=O) groups excluding carboxylic acids is 1. The van der Waals surface area contributed by atoms with Gasteiger partial charge in [-0.05, 0) is 47.8 Å². The molecular weight excluding hydrogens is 389 g/mol. The second-order valence-electron chi connectivity index (χ2n) is 5.69. The first-order chi connectivity index (χ1) is 11.3. The summed E-state index contributed by atoms with van der Waals surface area (Å²) in [5.74, 6) is -0.109. The molecule has 9 heteroatoms. The number of hydrogen-bond donors (Lipinski definition) is 1. The van der Waals surface area contributed by atoms with Gasteiger partial charge in [-0.1, -0.05) is 6.07 Å². The van der Waals surface area contributed by atoms with Crippen LogP contribution in [0.15, 0.2) is 22.7 Å². The minimum atomic E-state index is -4.57. The van der Waals surface area contributed by atoms with Gasteiger partial charge in [0.25, 0.3) is 0 Å². The first kappa shape index (κ1) is 16.9. The molecule has 0 saturated heterocycles.